The summed E-state index contributed by atoms with van der Waals surface area (Å²) in [6, 6.07) is 5.53. The molecule has 5 heteroatoms. The summed E-state index contributed by atoms with van der Waals surface area (Å²) in [6.45, 7) is 5.97. The molecule has 2 rings (SSSR count). The monoisotopic (exact) mass is 279 g/mol. The highest BCUT2D eigenvalue weighted by Crippen LogP contribution is 2.26. The van der Waals surface area contributed by atoms with Gasteiger partial charge in [0.05, 0.1) is 5.56 Å². The Morgan fingerprint density at radius 3 is 2.95 bits per heavy atom. The number of nitrogens with zero attached hydrogens (tertiary/aromatic N) is 2. The minimum absolute atomic E-state index is 0.158. The van der Waals surface area contributed by atoms with Gasteiger partial charge in [0.1, 0.15) is 5.82 Å². The van der Waals surface area contributed by atoms with Crippen LogP contribution in [0.4, 0.5) is 4.39 Å². The summed E-state index contributed by atoms with van der Waals surface area (Å²) < 4.78 is 14.4. The summed E-state index contributed by atoms with van der Waals surface area (Å²) in [5.74, 6) is -0.0174. The third kappa shape index (κ3) is 2.93. The third-order valence-electron chi connectivity index (χ3n) is 4.02. The van der Waals surface area contributed by atoms with Crippen LogP contribution in [-0.2, 0) is 6.54 Å². The van der Waals surface area contributed by atoms with E-state index in [1.54, 1.807) is 12.1 Å². The number of halogens is 1. The molecule has 4 nitrogen and oxygen atoms in total. The van der Waals surface area contributed by atoms with Gasteiger partial charge in [0.15, 0.2) is 5.84 Å². The van der Waals surface area contributed by atoms with Crippen molar-refractivity contribution >= 4 is 5.84 Å². The first-order chi connectivity index (χ1) is 9.54. The lowest BCUT2D eigenvalue weighted by Crippen LogP contribution is -2.33. The van der Waals surface area contributed by atoms with Crippen molar-refractivity contribution in [3.63, 3.8) is 0 Å². The van der Waals surface area contributed by atoms with Crippen LogP contribution >= 0.6 is 0 Å². The van der Waals surface area contributed by atoms with Crippen LogP contribution < -0.4 is 5.73 Å². The topological polar surface area (TPSA) is 61.8 Å². The van der Waals surface area contributed by atoms with E-state index in [4.69, 9.17) is 10.9 Å². The van der Waals surface area contributed by atoms with Crippen molar-refractivity contribution in [2.75, 3.05) is 6.54 Å². The normalized spacial score (nSPS) is 20.8. The van der Waals surface area contributed by atoms with E-state index < -0.39 is 5.82 Å². The number of likely N-dealkylation sites (tertiary alicyclic amines) is 1. The maximum atomic E-state index is 14.4. The van der Waals surface area contributed by atoms with E-state index in [-0.39, 0.29) is 11.4 Å². The second-order valence-electron chi connectivity index (χ2n) is 5.69. The van der Waals surface area contributed by atoms with Crippen LogP contribution in [0.2, 0.25) is 0 Å². The molecule has 20 heavy (non-hydrogen) atoms. The fourth-order valence-corrected chi connectivity index (χ4v) is 2.98. The fraction of sp³-hybridized carbons (Fsp3) is 0.533. The van der Waals surface area contributed by atoms with Gasteiger partial charge in [-0.15, -0.1) is 0 Å². The summed E-state index contributed by atoms with van der Waals surface area (Å²) in [5, 5.41) is 11.6. The van der Waals surface area contributed by atoms with Crippen LogP contribution in [0.1, 0.15) is 37.8 Å². The molecule has 0 aromatic heterocycles. The Labute approximate surface area is 119 Å². The number of hydrogen-bond donors (Lipinski definition) is 2. The fourth-order valence-electron chi connectivity index (χ4n) is 2.98. The van der Waals surface area contributed by atoms with E-state index in [0.29, 0.717) is 24.1 Å². The molecule has 1 saturated heterocycles. The number of nitrogens with two attached hydrogens (primary N) is 1. The quantitative estimate of drug-likeness (QED) is 0.385. The summed E-state index contributed by atoms with van der Waals surface area (Å²) in [7, 11) is 0. The molecule has 0 saturated carbocycles. The molecule has 0 spiro atoms. The van der Waals surface area contributed by atoms with Crippen LogP contribution in [0.3, 0.4) is 0 Å². The minimum atomic E-state index is -0.391. The third-order valence-corrected chi connectivity index (χ3v) is 4.02. The molecule has 1 aromatic carbocycles. The molecule has 1 aromatic rings. The van der Waals surface area contributed by atoms with Crippen molar-refractivity contribution < 1.29 is 9.60 Å². The van der Waals surface area contributed by atoms with Gasteiger partial charge in [-0.05, 0) is 31.4 Å². The van der Waals surface area contributed by atoms with E-state index in [0.717, 1.165) is 13.0 Å². The Kier molecular flexibility index (Phi) is 4.60. The lowest BCUT2D eigenvalue weighted by atomic mass is 10.0. The zero-order valence-corrected chi connectivity index (χ0v) is 12.0. The average molecular weight is 279 g/mol. The molecule has 0 aliphatic carbocycles. The number of hydrogen-bond acceptors (Lipinski definition) is 3. The number of benzene rings is 1. The molecule has 0 bridgehead atoms. The molecule has 1 fully saturated rings. The smallest absolute Gasteiger partial charge is 0.173 e. The molecule has 0 radical (unpaired) electrons. The van der Waals surface area contributed by atoms with Crippen molar-refractivity contribution in [2.45, 2.75) is 39.3 Å². The van der Waals surface area contributed by atoms with Gasteiger partial charge in [0.2, 0.25) is 0 Å². The van der Waals surface area contributed by atoms with Crippen LogP contribution in [-0.4, -0.2) is 28.5 Å². The van der Waals surface area contributed by atoms with Gasteiger partial charge in [0.25, 0.3) is 0 Å². The molecule has 1 aliphatic heterocycles. The van der Waals surface area contributed by atoms with Gasteiger partial charge in [-0.2, -0.15) is 0 Å². The zero-order valence-electron chi connectivity index (χ0n) is 12.0. The van der Waals surface area contributed by atoms with E-state index >= 15 is 0 Å². The Hall–Kier alpha value is -1.62. The van der Waals surface area contributed by atoms with Gasteiger partial charge in [-0.1, -0.05) is 31.1 Å². The van der Waals surface area contributed by atoms with Gasteiger partial charge >= 0.3 is 0 Å². The minimum Gasteiger partial charge on any atom is -0.409 e. The predicted octanol–water partition coefficient (Wildman–Crippen LogP) is 2.54. The molecule has 1 atom stereocenters. The molecular formula is C15H22FN3O. The molecule has 1 aliphatic rings. The Morgan fingerprint density at radius 2 is 2.30 bits per heavy atom. The standard InChI is InChI=1S/C15H22FN3O/c1-10(2)13-7-4-8-19(13)9-11-5-3-6-12(14(11)16)15(17)18-20/h3,5-6,10,13,20H,4,7-9H2,1-2H3,(H2,17,18). The summed E-state index contributed by atoms with van der Waals surface area (Å²) in [4.78, 5) is 2.32. The number of oxime groups is 1. The highest BCUT2D eigenvalue weighted by molar-refractivity contribution is 5.97. The van der Waals surface area contributed by atoms with Gasteiger partial charge in [-0.3, -0.25) is 4.90 Å². The SMILES string of the molecule is CC(C)C1CCCN1Cc1cccc(/C(N)=N/O)c1F. The largest absolute Gasteiger partial charge is 0.409 e. The highest BCUT2D eigenvalue weighted by atomic mass is 19.1. The van der Waals surface area contributed by atoms with Crippen LogP contribution in [0.15, 0.2) is 23.4 Å². The van der Waals surface area contributed by atoms with E-state index in [9.17, 15) is 4.39 Å². The van der Waals surface area contributed by atoms with E-state index in [2.05, 4.69) is 23.9 Å². The van der Waals surface area contributed by atoms with Crippen molar-refractivity contribution in [2.24, 2.45) is 16.8 Å². The van der Waals surface area contributed by atoms with Crippen molar-refractivity contribution in [3.05, 3.63) is 35.1 Å². The molecule has 0 amide bonds. The average Bonchev–Trinajstić information content (AvgIpc) is 2.88. The maximum Gasteiger partial charge on any atom is 0.173 e. The second-order valence-corrected chi connectivity index (χ2v) is 5.69. The number of rotatable bonds is 4. The highest BCUT2D eigenvalue weighted by Gasteiger charge is 2.27. The molecule has 110 valence electrons. The first kappa shape index (κ1) is 14.8. The lowest BCUT2D eigenvalue weighted by molar-refractivity contribution is 0.196. The van der Waals surface area contributed by atoms with Crippen LogP contribution in [0.25, 0.3) is 0 Å². The summed E-state index contributed by atoms with van der Waals surface area (Å²) in [6.07, 6.45) is 2.32. The van der Waals surface area contributed by atoms with Crippen LogP contribution in [0.5, 0.6) is 0 Å². The molecular weight excluding hydrogens is 257 g/mol. The summed E-state index contributed by atoms with van der Waals surface area (Å²) in [5.41, 5.74) is 6.25. The summed E-state index contributed by atoms with van der Waals surface area (Å²) >= 11 is 0. The van der Waals surface area contributed by atoms with E-state index in [1.165, 1.54) is 12.5 Å². The molecule has 1 heterocycles. The zero-order chi connectivity index (χ0) is 14.7. The Balaban J connectivity index is 2.22. The maximum absolute atomic E-state index is 14.4. The van der Waals surface area contributed by atoms with Gasteiger partial charge < -0.3 is 10.9 Å². The first-order valence-corrected chi connectivity index (χ1v) is 7.04. The Morgan fingerprint density at radius 1 is 1.55 bits per heavy atom. The van der Waals surface area contributed by atoms with Crippen molar-refractivity contribution in [1.82, 2.24) is 4.90 Å². The molecule has 1 unspecified atom stereocenters. The number of amidine groups is 1. The Bertz CT molecular complexity index is 502. The van der Waals surface area contributed by atoms with Crippen LogP contribution in [0, 0.1) is 11.7 Å². The predicted molar refractivity (Wildman–Crippen MR) is 77.2 cm³/mol. The van der Waals surface area contributed by atoms with E-state index in [1.807, 2.05) is 0 Å². The lowest BCUT2D eigenvalue weighted by Gasteiger charge is -2.27. The van der Waals surface area contributed by atoms with Gasteiger partial charge in [0, 0.05) is 18.2 Å². The second kappa shape index (κ2) is 6.22. The van der Waals surface area contributed by atoms with Crippen molar-refractivity contribution in [3.8, 4) is 0 Å². The van der Waals surface area contributed by atoms with Crippen molar-refractivity contribution in [1.29, 1.82) is 0 Å². The van der Waals surface area contributed by atoms with Gasteiger partial charge in [-0.25, -0.2) is 4.39 Å². The first-order valence-electron chi connectivity index (χ1n) is 7.04. The molecule has 3 N–H and O–H groups in total.